The molecule has 2 atom stereocenters. The molecular formula is C36H64N2. The first-order valence-electron chi connectivity index (χ1n) is 17.6. The third-order valence-corrected chi connectivity index (χ3v) is 10.5. The molecule has 0 bridgehead atoms. The van der Waals surface area contributed by atoms with Crippen LogP contribution < -0.4 is 0 Å². The van der Waals surface area contributed by atoms with Gasteiger partial charge in [-0.1, -0.05) is 117 Å². The Morgan fingerprint density at radius 2 is 0.658 bits per heavy atom. The van der Waals surface area contributed by atoms with Gasteiger partial charge in [-0.2, -0.15) is 0 Å². The van der Waals surface area contributed by atoms with E-state index in [2.05, 4.69) is 49.3 Å². The lowest BCUT2D eigenvalue weighted by molar-refractivity contribution is 0.0469. The van der Waals surface area contributed by atoms with E-state index in [0.717, 1.165) is 24.2 Å². The SMILES string of the molecule is CC(C)CC(C#CC(CC(C)C)N(C1CCCCC1)C1CCCCC1)N(C1CCCCC1)C1CCCCC1. The first-order chi connectivity index (χ1) is 18.5. The van der Waals surface area contributed by atoms with Crippen LogP contribution in [0.2, 0.25) is 0 Å². The third-order valence-electron chi connectivity index (χ3n) is 10.5. The van der Waals surface area contributed by atoms with Crippen LogP contribution >= 0.6 is 0 Å². The maximum atomic E-state index is 4.14. The molecule has 0 N–H and O–H groups in total. The summed E-state index contributed by atoms with van der Waals surface area (Å²) < 4.78 is 0. The van der Waals surface area contributed by atoms with Crippen LogP contribution in [0.25, 0.3) is 0 Å². The van der Waals surface area contributed by atoms with Crippen molar-refractivity contribution >= 4 is 0 Å². The molecule has 38 heavy (non-hydrogen) atoms. The molecule has 4 fully saturated rings. The van der Waals surface area contributed by atoms with Gasteiger partial charge in [0.05, 0.1) is 12.1 Å². The Bertz CT molecular complexity index is 599. The van der Waals surface area contributed by atoms with Gasteiger partial charge < -0.3 is 0 Å². The van der Waals surface area contributed by atoms with E-state index in [4.69, 9.17) is 0 Å². The van der Waals surface area contributed by atoms with Crippen molar-refractivity contribution in [3.8, 4) is 11.8 Å². The summed E-state index contributed by atoms with van der Waals surface area (Å²) in [7, 11) is 0. The summed E-state index contributed by atoms with van der Waals surface area (Å²) in [6, 6.07) is 4.02. The lowest BCUT2D eigenvalue weighted by Crippen LogP contribution is -2.52. The molecule has 2 heteroatoms. The summed E-state index contributed by atoms with van der Waals surface area (Å²) in [5.74, 6) is 9.71. The Morgan fingerprint density at radius 3 is 0.868 bits per heavy atom. The first kappa shape index (κ1) is 30.4. The molecule has 0 saturated heterocycles. The molecular weight excluding hydrogens is 460 g/mol. The topological polar surface area (TPSA) is 6.48 Å². The van der Waals surface area contributed by atoms with Gasteiger partial charge in [-0.25, -0.2) is 0 Å². The number of hydrogen-bond donors (Lipinski definition) is 0. The highest BCUT2D eigenvalue weighted by molar-refractivity contribution is 5.17. The van der Waals surface area contributed by atoms with Gasteiger partial charge in [0, 0.05) is 24.2 Å². The Labute approximate surface area is 238 Å². The number of rotatable bonds is 10. The highest BCUT2D eigenvalue weighted by Crippen LogP contribution is 2.35. The van der Waals surface area contributed by atoms with Gasteiger partial charge in [-0.05, 0) is 76.0 Å². The summed E-state index contributed by atoms with van der Waals surface area (Å²) in [5.41, 5.74) is 0. The van der Waals surface area contributed by atoms with E-state index in [1.807, 2.05) is 0 Å². The molecule has 0 spiro atoms. The molecule has 2 unspecified atom stereocenters. The van der Waals surface area contributed by atoms with Crippen molar-refractivity contribution in [2.45, 2.75) is 205 Å². The molecule has 0 heterocycles. The smallest absolute Gasteiger partial charge is 0.0722 e. The lowest BCUT2D eigenvalue weighted by atomic mass is 9.85. The number of nitrogens with zero attached hydrogens (tertiary/aromatic N) is 2. The second-order valence-electron chi connectivity index (χ2n) is 14.6. The van der Waals surface area contributed by atoms with Gasteiger partial charge in [-0.15, -0.1) is 0 Å². The molecule has 218 valence electrons. The molecule has 4 aliphatic carbocycles. The lowest BCUT2D eigenvalue weighted by Gasteiger charge is -2.46. The zero-order valence-corrected chi connectivity index (χ0v) is 26.1. The van der Waals surface area contributed by atoms with Crippen LogP contribution in [0.4, 0.5) is 0 Å². The Hall–Kier alpha value is -0.520. The summed E-state index contributed by atoms with van der Waals surface area (Å²) in [5, 5.41) is 0. The molecule has 4 saturated carbocycles. The minimum atomic E-state index is 0.454. The normalized spacial score (nSPS) is 25.2. The van der Waals surface area contributed by atoms with Gasteiger partial charge >= 0.3 is 0 Å². The molecule has 0 aromatic heterocycles. The molecule has 0 aromatic carbocycles. The second kappa shape index (κ2) is 16.1. The van der Waals surface area contributed by atoms with E-state index in [1.165, 1.54) is 141 Å². The number of hydrogen-bond acceptors (Lipinski definition) is 2. The summed E-state index contributed by atoms with van der Waals surface area (Å²) in [6.45, 7) is 9.76. The van der Waals surface area contributed by atoms with Crippen LogP contribution in [0.5, 0.6) is 0 Å². The van der Waals surface area contributed by atoms with E-state index in [9.17, 15) is 0 Å². The van der Waals surface area contributed by atoms with Crippen molar-refractivity contribution in [2.24, 2.45) is 11.8 Å². The van der Waals surface area contributed by atoms with Crippen molar-refractivity contribution in [2.75, 3.05) is 0 Å². The van der Waals surface area contributed by atoms with Crippen LogP contribution in [0, 0.1) is 23.7 Å². The Kier molecular flexibility index (Phi) is 12.9. The van der Waals surface area contributed by atoms with Crippen molar-refractivity contribution in [1.82, 2.24) is 9.80 Å². The second-order valence-corrected chi connectivity index (χ2v) is 14.6. The van der Waals surface area contributed by atoms with E-state index in [1.54, 1.807) is 0 Å². The molecule has 0 aliphatic heterocycles. The summed E-state index contributed by atoms with van der Waals surface area (Å²) >= 11 is 0. The highest BCUT2D eigenvalue weighted by Gasteiger charge is 2.36. The average molecular weight is 525 g/mol. The predicted molar refractivity (Wildman–Crippen MR) is 165 cm³/mol. The fourth-order valence-electron chi connectivity index (χ4n) is 8.73. The van der Waals surface area contributed by atoms with E-state index in [0.29, 0.717) is 23.9 Å². The van der Waals surface area contributed by atoms with Crippen molar-refractivity contribution in [3.05, 3.63) is 0 Å². The first-order valence-corrected chi connectivity index (χ1v) is 17.6. The van der Waals surface area contributed by atoms with Gasteiger partial charge in [0.1, 0.15) is 0 Å². The minimum Gasteiger partial charge on any atom is -0.284 e. The van der Waals surface area contributed by atoms with Gasteiger partial charge in [0.15, 0.2) is 0 Å². The molecule has 0 aromatic rings. The van der Waals surface area contributed by atoms with E-state index >= 15 is 0 Å². The molecule has 4 aliphatic rings. The maximum absolute atomic E-state index is 4.14. The highest BCUT2D eigenvalue weighted by atomic mass is 15.2. The summed E-state index contributed by atoms with van der Waals surface area (Å²) in [4.78, 5) is 6.09. The van der Waals surface area contributed by atoms with Crippen molar-refractivity contribution in [3.63, 3.8) is 0 Å². The van der Waals surface area contributed by atoms with Gasteiger partial charge in [0.25, 0.3) is 0 Å². The molecule has 0 amide bonds. The third kappa shape index (κ3) is 8.99. The van der Waals surface area contributed by atoms with Crippen LogP contribution in [-0.4, -0.2) is 46.1 Å². The van der Waals surface area contributed by atoms with Crippen LogP contribution in [-0.2, 0) is 0 Å². The van der Waals surface area contributed by atoms with Gasteiger partial charge in [0.2, 0.25) is 0 Å². The molecule has 4 rings (SSSR count). The van der Waals surface area contributed by atoms with E-state index < -0.39 is 0 Å². The van der Waals surface area contributed by atoms with Crippen molar-refractivity contribution in [1.29, 1.82) is 0 Å². The standard InChI is InChI=1S/C36H64N2/c1-29(2)27-35(37(31-17-9-5-10-18-31)32-19-11-6-12-20-32)25-26-36(28-30(3)4)38(33-21-13-7-14-22-33)34-23-15-8-16-24-34/h29-36H,5-24,27-28H2,1-4H3. The van der Waals surface area contributed by atoms with Crippen LogP contribution in [0.3, 0.4) is 0 Å². The fourth-order valence-corrected chi connectivity index (χ4v) is 8.73. The Morgan fingerprint density at radius 1 is 0.421 bits per heavy atom. The van der Waals surface area contributed by atoms with Crippen LogP contribution in [0.1, 0.15) is 169 Å². The van der Waals surface area contributed by atoms with Gasteiger partial charge in [-0.3, -0.25) is 9.80 Å². The van der Waals surface area contributed by atoms with Crippen molar-refractivity contribution < 1.29 is 0 Å². The van der Waals surface area contributed by atoms with Crippen LogP contribution in [0.15, 0.2) is 0 Å². The Balaban J connectivity index is 1.65. The maximum Gasteiger partial charge on any atom is 0.0722 e. The quantitative estimate of drug-likeness (QED) is 0.262. The fraction of sp³-hybridized carbons (Fsp3) is 0.944. The zero-order chi connectivity index (χ0) is 26.7. The predicted octanol–water partition coefficient (Wildman–Crippen LogP) is 9.75. The van der Waals surface area contributed by atoms with E-state index in [-0.39, 0.29) is 0 Å². The monoisotopic (exact) mass is 525 g/mol. The summed E-state index contributed by atoms with van der Waals surface area (Å²) in [6.07, 6.45) is 31.1. The minimum absolute atomic E-state index is 0.454. The average Bonchev–Trinajstić information content (AvgIpc) is 2.93. The molecule has 2 nitrogen and oxygen atoms in total. The largest absolute Gasteiger partial charge is 0.284 e. The molecule has 0 radical (unpaired) electrons. The zero-order valence-electron chi connectivity index (χ0n) is 26.1.